The molecule has 1 rings (SSSR count). The Bertz CT molecular complexity index is 331. The molecule has 76 valence electrons. The highest BCUT2D eigenvalue weighted by atomic mass is 32.2. The summed E-state index contributed by atoms with van der Waals surface area (Å²) in [5.74, 6) is 0.226. The Hall–Kier alpha value is -0.760. The molecule has 1 aromatic rings. The van der Waals surface area contributed by atoms with E-state index in [1.165, 1.54) is 10.5 Å². The van der Waals surface area contributed by atoms with Crippen LogP contribution in [-0.4, -0.2) is 12.0 Å². The summed E-state index contributed by atoms with van der Waals surface area (Å²) < 4.78 is 0. The van der Waals surface area contributed by atoms with Crippen molar-refractivity contribution in [3.8, 4) is 0 Å². The Balaban J connectivity index is 2.95. The molecule has 0 N–H and O–H groups in total. The molecule has 0 aliphatic rings. The van der Waals surface area contributed by atoms with Gasteiger partial charge in [-0.3, -0.25) is 4.79 Å². The van der Waals surface area contributed by atoms with Gasteiger partial charge in [0, 0.05) is 11.3 Å². The van der Waals surface area contributed by atoms with Crippen LogP contribution in [0.4, 0.5) is 0 Å². The van der Waals surface area contributed by atoms with E-state index in [-0.39, 0.29) is 5.78 Å². The summed E-state index contributed by atoms with van der Waals surface area (Å²) in [6.45, 7) is 3.78. The Labute approximate surface area is 89.9 Å². The van der Waals surface area contributed by atoms with Gasteiger partial charge < -0.3 is 0 Å². The fraction of sp³-hybridized carbons (Fsp3) is 0.417. The SMILES string of the molecule is CCc1cc(CC(C)=O)ccc1SC. The number of hydrogen-bond donors (Lipinski definition) is 0. The van der Waals surface area contributed by atoms with Crippen LogP contribution in [0.2, 0.25) is 0 Å². The molecule has 14 heavy (non-hydrogen) atoms. The second-order valence-electron chi connectivity index (χ2n) is 3.38. The summed E-state index contributed by atoms with van der Waals surface area (Å²) in [4.78, 5) is 12.3. The minimum Gasteiger partial charge on any atom is -0.300 e. The van der Waals surface area contributed by atoms with Crippen molar-refractivity contribution < 1.29 is 4.79 Å². The summed E-state index contributed by atoms with van der Waals surface area (Å²) in [6, 6.07) is 6.31. The minimum atomic E-state index is 0.226. The molecule has 0 heterocycles. The van der Waals surface area contributed by atoms with Crippen LogP contribution >= 0.6 is 11.8 Å². The van der Waals surface area contributed by atoms with Gasteiger partial charge in [0.1, 0.15) is 5.78 Å². The standard InChI is InChI=1S/C12H16OS/c1-4-11-8-10(7-9(2)13)5-6-12(11)14-3/h5-6,8H,4,7H2,1-3H3. The molecule has 1 nitrogen and oxygen atoms in total. The second kappa shape index (κ2) is 5.20. The number of aryl methyl sites for hydroxylation is 1. The van der Waals surface area contributed by atoms with E-state index in [0.717, 1.165) is 12.0 Å². The van der Waals surface area contributed by atoms with Gasteiger partial charge in [-0.25, -0.2) is 0 Å². The molecule has 0 radical (unpaired) electrons. The van der Waals surface area contributed by atoms with Gasteiger partial charge in [-0.2, -0.15) is 0 Å². The van der Waals surface area contributed by atoms with Gasteiger partial charge in [-0.15, -0.1) is 11.8 Å². The van der Waals surface area contributed by atoms with E-state index in [1.807, 2.05) is 6.07 Å². The zero-order valence-electron chi connectivity index (χ0n) is 8.96. The quantitative estimate of drug-likeness (QED) is 0.707. The molecule has 1 aromatic carbocycles. The minimum absolute atomic E-state index is 0.226. The van der Waals surface area contributed by atoms with Gasteiger partial charge in [0.15, 0.2) is 0 Å². The Morgan fingerprint density at radius 3 is 2.64 bits per heavy atom. The normalized spacial score (nSPS) is 10.2. The third-order valence-electron chi connectivity index (χ3n) is 2.18. The van der Waals surface area contributed by atoms with E-state index in [9.17, 15) is 4.79 Å². The van der Waals surface area contributed by atoms with Crippen molar-refractivity contribution in [2.24, 2.45) is 0 Å². The molecule has 0 bridgehead atoms. The van der Waals surface area contributed by atoms with Crippen molar-refractivity contribution in [3.63, 3.8) is 0 Å². The van der Waals surface area contributed by atoms with E-state index in [0.29, 0.717) is 6.42 Å². The van der Waals surface area contributed by atoms with Crippen LogP contribution in [0.5, 0.6) is 0 Å². The summed E-state index contributed by atoms with van der Waals surface area (Å²) in [5.41, 5.74) is 2.48. The van der Waals surface area contributed by atoms with E-state index in [2.05, 4.69) is 25.3 Å². The largest absolute Gasteiger partial charge is 0.300 e. The lowest BCUT2D eigenvalue weighted by Crippen LogP contribution is -1.97. The van der Waals surface area contributed by atoms with Crippen molar-refractivity contribution in [2.75, 3.05) is 6.26 Å². The van der Waals surface area contributed by atoms with Gasteiger partial charge in [0.25, 0.3) is 0 Å². The molecule has 0 aliphatic carbocycles. The molecule has 0 aromatic heterocycles. The van der Waals surface area contributed by atoms with Gasteiger partial charge in [0.05, 0.1) is 0 Å². The fourth-order valence-electron chi connectivity index (χ4n) is 1.51. The first kappa shape index (κ1) is 11.3. The summed E-state index contributed by atoms with van der Waals surface area (Å²) in [6.07, 6.45) is 3.67. The lowest BCUT2D eigenvalue weighted by molar-refractivity contribution is -0.116. The molecule has 0 spiro atoms. The number of Topliss-reactive ketones (excluding diaryl/α,β-unsaturated/α-hetero) is 1. The van der Waals surface area contributed by atoms with Crippen molar-refractivity contribution in [2.45, 2.75) is 31.6 Å². The topological polar surface area (TPSA) is 17.1 Å². The van der Waals surface area contributed by atoms with Crippen molar-refractivity contribution in [1.82, 2.24) is 0 Å². The van der Waals surface area contributed by atoms with Crippen molar-refractivity contribution in [1.29, 1.82) is 0 Å². The zero-order chi connectivity index (χ0) is 10.6. The fourth-order valence-corrected chi connectivity index (χ4v) is 2.18. The van der Waals surface area contributed by atoms with Gasteiger partial charge in [-0.05, 0) is 36.8 Å². The molecular weight excluding hydrogens is 192 g/mol. The number of rotatable bonds is 4. The van der Waals surface area contributed by atoms with Crippen LogP contribution in [-0.2, 0) is 17.6 Å². The average molecular weight is 208 g/mol. The van der Waals surface area contributed by atoms with Gasteiger partial charge in [0.2, 0.25) is 0 Å². The molecule has 0 unspecified atom stereocenters. The number of hydrogen-bond acceptors (Lipinski definition) is 2. The van der Waals surface area contributed by atoms with Crippen LogP contribution in [0.25, 0.3) is 0 Å². The predicted molar refractivity (Wildman–Crippen MR) is 62.0 cm³/mol. The van der Waals surface area contributed by atoms with E-state index >= 15 is 0 Å². The van der Waals surface area contributed by atoms with Crippen LogP contribution < -0.4 is 0 Å². The Morgan fingerprint density at radius 1 is 1.43 bits per heavy atom. The molecule has 0 saturated carbocycles. The average Bonchev–Trinajstić information content (AvgIpc) is 2.16. The molecule has 0 fully saturated rings. The zero-order valence-corrected chi connectivity index (χ0v) is 9.78. The summed E-state index contributed by atoms with van der Waals surface area (Å²) >= 11 is 1.76. The Kier molecular flexibility index (Phi) is 4.21. The van der Waals surface area contributed by atoms with E-state index in [1.54, 1.807) is 18.7 Å². The maximum Gasteiger partial charge on any atom is 0.134 e. The van der Waals surface area contributed by atoms with Gasteiger partial charge >= 0.3 is 0 Å². The molecule has 0 aliphatic heterocycles. The number of ketones is 1. The second-order valence-corrected chi connectivity index (χ2v) is 4.23. The molecule has 0 saturated heterocycles. The molecular formula is C12H16OS. The van der Waals surface area contributed by atoms with E-state index in [4.69, 9.17) is 0 Å². The number of benzene rings is 1. The van der Waals surface area contributed by atoms with Crippen LogP contribution in [0.3, 0.4) is 0 Å². The summed E-state index contributed by atoms with van der Waals surface area (Å²) in [5, 5.41) is 0. The van der Waals surface area contributed by atoms with E-state index < -0.39 is 0 Å². The lowest BCUT2D eigenvalue weighted by Gasteiger charge is -2.07. The highest BCUT2D eigenvalue weighted by molar-refractivity contribution is 7.98. The first-order valence-corrected chi connectivity index (χ1v) is 6.05. The highest BCUT2D eigenvalue weighted by Crippen LogP contribution is 2.22. The lowest BCUT2D eigenvalue weighted by atomic mass is 10.0. The summed E-state index contributed by atoms with van der Waals surface area (Å²) in [7, 11) is 0. The molecule has 2 heteroatoms. The maximum absolute atomic E-state index is 11.0. The monoisotopic (exact) mass is 208 g/mol. The third-order valence-corrected chi connectivity index (χ3v) is 3.02. The molecule has 0 amide bonds. The number of carbonyl (C=O) groups is 1. The van der Waals surface area contributed by atoms with Crippen LogP contribution in [0, 0.1) is 0 Å². The first-order valence-electron chi connectivity index (χ1n) is 4.82. The van der Waals surface area contributed by atoms with Crippen LogP contribution in [0.1, 0.15) is 25.0 Å². The third kappa shape index (κ3) is 2.88. The number of thioether (sulfide) groups is 1. The van der Waals surface area contributed by atoms with Crippen molar-refractivity contribution >= 4 is 17.5 Å². The highest BCUT2D eigenvalue weighted by Gasteiger charge is 2.03. The predicted octanol–water partition coefficient (Wildman–Crippen LogP) is 3.10. The molecule has 0 atom stereocenters. The Morgan fingerprint density at radius 2 is 2.14 bits per heavy atom. The van der Waals surface area contributed by atoms with Gasteiger partial charge in [-0.1, -0.05) is 19.1 Å². The van der Waals surface area contributed by atoms with Crippen LogP contribution in [0.15, 0.2) is 23.1 Å². The van der Waals surface area contributed by atoms with Crippen molar-refractivity contribution in [3.05, 3.63) is 29.3 Å². The first-order chi connectivity index (χ1) is 6.67. The number of carbonyl (C=O) groups excluding carboxylic acids is 1. The maximum atomic E-state index is 11.0. The smallest absolute Gasteiger partial charge is 0.134 e.